The number of carbonyl (C=O) groups excluding carboxylic acids is 1. The molecule has 1 fully saturated rings. The second kappa shape index (κ2) is 4.31. The Labute approximate surface area is 106 Å². The second-order valence-electron chi connectivity index (χ2n) is 4.92. The Morgan fingerprint density at radius 3 is 2.76 bits per heavy atom. The average Bonchev–Trinajstić information content (AvgIpc) is 3.08. The van der Waals surface area contributed by atoms with E-state index in [1.807, 2.05) is 19.1 Å². The van der Waals surface area contributed by atoms with Crippen LogP contribution in [-0.4, -0.2) is 11.4 Å². The summed E-state index contributed by atoms with van der Waals surface area (Å²) < 4.78 is 0. The van der Waals surface area contributed by atoms with Crippen LogP contribution in [0.25, 0.3) is 0 Å². The van der Waals surface area contributed by atoms with Crippen molar-refractivity contribution in [2.24, 2.45) is 11.7 Å². The molecule has 3 N–H and O–H groups in total. The highest BCUT2D eigenvalue weighted by atomic mass is 35.5. The van der Waals surface area contributed by atoms with Gasteiger partial charge in [-0.1, -0.05) is 17.7 Å². The lowest BCUT2D eigenvalue weighted by Crippen LogP contribution is -2.50. The first-order valence-electron chi connectivity index (χ1n) is 5.78. The summed E-state index contributed by atoms with van der Waals surface area (Å²) in [5.74, 6) is 0.173. The summed E-state index contributed by atoms with van der Waals surface area (Å²) in [5, 5.41) is 3.51. The maximum Gasteiger partial charge on any atom is 0.244 e. The quantitative estimate of drug-likeness (QED) is 0.869. The zero-order chi connectivity index (χ0) is 12.6. The highest BCUT2D eigenvalue weighted by Gasteiger charge is 2.44. The number of carbonyl (C=O) groups is 1. The van der Waals surface area contributed by atoms with Gasteiger partial charge in [0, 0.05) is 10.7 Å². The number of rotatable bonds is 3. The molecule has 2 rings (SSSR count). The highest BCUT2D eigenvalue weighted by Crippen LogP contribution is 2.38. The minimum absolute atomic E-state index is 0.134. The average molecular weight is 253 g/mol. The number of anilines is 1. The lowest BCUT2D eigenvalue weighted by molar-refractivity contribution is -0.121. The second-order valence-corrected chi connectivity index (χ2v) is 5.33. The Kier molecular flexibility index (Phi) is 3.15. The van der Waals surface area contributed by atoms with Crippen molar-refractivity contribution in [1.29, 1.82) is 0 Å². The van der Waals surface area contributed by atoms with Gasteiger partial charge in [-0.05, 0) is 50.3 Å². The van der Waals surface area contributed by atoms with E-state index in [4.69, 9.17) is 17.3 Å². The Bertz CT molecular complexity index is 453. The number of hydrogen-bond acceptors (Lipinski definition) is 2. The van der Waals surface area contributed by atoms with Gasteiger partial charge in [0.15, 0.2) is 0 Å². The van der Waals surface area contributed by atoms with Gasteiger partial charge in [0.25, 0.3) is 0 Å². The van der Waals surface area contributed by atoms with Crippen LogP contribution in [0, 0.1) is 12.8 Å². The van der Waals surface area contributed by atoms with Gasteiger partial charge < -0.3 is 11.1 Å². The predicted molar refractivity (Wildman–Crippen MR) is 70.1 cm³/mol. The third kappa shape index (κ3) is 2.45. The van der Waals surface area contributed by atoms with Crippen LogP contribution < -0.4 is 11.1 Å². The van der Waals surface area contributed by atoms with Gasteiger partial charge in [0.1, 0.15) is 0 Å². The first-order chi connectivity index (χ1) is 7.93. The smallest absolute Gasteiger partial charge is 0.244 e. The molecule has 1 amide bonds. The lowest BCUT2D eigenvalue weighted by atomic mass is 9.96. The molecule has 0 heterocycles. The summed E-state index contributed by atoms with van der Waals surface area (Å²) in [6.07, 6.45) is 2.07. The molecule has 0 spiro atoms. The first-order valence-corrected chi connectivity index (χ1v) is 6.16. The Balaban J connectivity index is 2.15. The molecule has 1 aliphatic carbocycles. The molecule has 1 aliphatic rings. The monoisotopic (exact) mass is 252 g/mol. The standard InChI is InChI=1S/C13H17ClN2O/c1-8-10(14)4-3-5-11(8)16-12(17)13(2,15)9-6-7-9/h3-5,9H,6-7,15H2,1-2H3,(H,16,17). The van der Waals surface area contributed by atoms with Gasteiger partial charge in [-0.2, -0.15) is 0 Å². The van der Waals surface area contributed by atoms with Gasteiger partial charge >= 0.3 is 0 Å². The maximum absolute atomic E-state index is 12.1. The van der Waals surface area contributed by atoms with E-state index < -0.39 is 5.54 Å². The van der Waals surface area contributed by atoms with Gasteiger partial charge in [-0.15, -0.1) is 0 Å². The minimum Gasteiger partial charge on any atom is -0.324 e. The molecule has 1 saturated carbocycles. The van der Waals surface area contributed by atoms with Crippen LogP contribution in [0.15, 0.2) is 18.2 Å². The summed E-state index contributed by atoms with van der Waals surface area (Å²) in [6, 6.07) is 5.45. The van der Waals surface area contributed by atoms with Gasteiger partial charge in [0.2, 0.25) is 5.91 Å². The van der Waals surface area contributed by atoms with Crippen molar-refractivity contribution in [2.45, 2.75) is 32.2 Å². The fourth-order valence-corrected chi connectivity index (χ4v) is 2.04. The van der Waals surface area contributed by atoms with E-state index in [0.29, 0.717) is 10.9 Å². The molecule has 0 saturated heterocycles. The van der Waals surface area contributed by atoms with Gasteiger partial charge in [-0.25, -0.2) is 0 Å². The van der Waals surface area contributed by atoms with E-state index in [0.717, 1.165) is 24.1 Å². The number of nitrogens with two attached hydrogens (primary N) is 1. The maximum atomic E-state index is 12.1. The molecule has 1 atom stereocenters. The number of halogens is 1. The SMILES string of the molecule is Cc1c(Cl)cccc1NC(=O)C(C)(N)C1CC1. The normalized spacial score (nSPS) is 18.6. The van der Waals surface area contributed by atoms with Crippen LogP contribution >= 0.6 is 11.6 Å². The van der Waals surface area contributed by atoms with Gasteiger partial charge in [0.05, 0.1) is 5.54 Å². The van der Waals surface area contributed by atoms with E-state index in [1.165, 1.54) is 0 Å². The van der Waals surface area contributed by atoms with Crippen molar-refractivity contribution in [3.05, 3.63) is 28.8 Å². The van der Waals surface area contributed by atoms with Crippen LogP contribution in [0.3, 0.4) is 0 Å². The van der Waals surface area contributed by atoms with Crippen LogP contribution in [0.4, 0.5) is 5.69 Å². The first kappa shape index (κ1) is 12.4. The molecule has 0 radical (unpaired) electrons. The van der Waals surface area contributed by atoms with E-state index in [9.17, 15) is 4.79 Å². The third-order valence-corrected chi connectivity index (χ3v) is 3.84. The molecular formula is C13H17ClN2O. The molecule has 0 aliphatic heterocycles. The fourth-order valence-electron chi connectivity index (χ4n) is 1.87. The minimum atomic E-state index is -0.783. The zero-order valence-corrected chi connectivity index (χ0v) is 10.8. The van der Waals surface area contributed by atoms with Crippen LogP contribution in [0.1, 0.15) is 25.3 Å². The van der Waals surface area contributed by atoms with Crippen molar-refractivity contribution in [1.82, 2.24) is 0 Å². The van der Waals surface area contributed by atoms with Crippen LogP contribution in [-0.2, 0) is 4.79 Å². The Morgan fingerprint density at radius 2 is 2.18 bits per heavy atom. The lowest BCUT2D eigenvalue weighted by Gasteiger charge is -2.23. The summed E-state index contributed by atoms with van der Waals surface area (Å²) in [5.41, 5.74) is 6.88. The predicted octanol–water partition coefficient (Wildman–Crippen LogP) is 2.71. The van der Waals surface area contributed by atoms with E-state index in [-0.39, 0.29) is 5.91 Å². The molecule has 0 aromatic heterocycles. The third-order valence-electron chi connectivity index (χ3n) is 3.43. The van der Waals surface area contributed by atoms with Gasteiger partial charge in [-0.3, -0.25) is 4.79 Å². The van der Waals surface area contributed by atoms with Crippen molar-refractivity contribution in [3.63, 3.8) is 0 Å². The molecular weight excluding hydrogens is 236 g/mol. The molecule has 17 heavy (non-hydrogen) atoms. The largest absolute Gasteiger partial charge is 0.324 e. The summed E-state index contributed by atoms with van der Waals surface area (Å²) >= 11 is 6.00. The fraction of sp³-hybridized carbons (Fsp3) is 0.462. The Morgan fingerprint density at radius 1 is 1.53 bits per heavy atom. The van der Waals surface area contributed by atoms with Crippen LogP contribution in [0.2, 0.25) is 5.02 Å². The van der Waals surface area contributed by atoms with Crippen molar-refractivity contribution in [2.75, 3.05) is 5.32 Å². The zero-order valence-electron chi connectivity index (χ0n) is 10.1. The summed E-state index contributed by atoms with van der Waals surface area (Å²) in [4.78, 5) is 12.1. The number of benzene rings is 1. The molecule has 1 aromatic rings. The van der Waals surface area contributed by atoms with E-state index >= 15 is 0 Å². The van der Waals surface area contributed by atoms with E-state index in [1.54, 1.807) is 13.0 Å². The molecule has 0 bridgehead atoms. The summed E-state index contributed by atoms with van der Waals surface area (Å²) in [7, 11) is 0. The number of nitrogens with one attached hydrogen (secondary N) is 1. The van der Waals surface area contributed by atoms with Crippen LogP contribution in [0.5, 0.6) is 0 Å². The number of amides is 1. The summed E-state index contributed by atoms with van der Waals surface area (Å²) in [6.45, 7) is 3.67. The molecule has 3 nitrogen and oxygen atoms in total. The Hall–Kier alpha value is -1.06. The highest BCUT2D eigenvalue weighted by molar-refractivity contribution is 6.31. The van der Waals surface area contributed by atoms with Crippen molar-refractivity contribution < 1.29 is 4.79 Å². The topological polar surface area (TPSA) is 55.1 Å². The molecule has 1 unspecified atom stereocenters. The van der Waals surface area contributed by atoms with E-state index in [2.05, 4.69) is 5.32 Å². The number of hydrogen-bond donors (Lipinski definition) is 2. The van der Waals surface area contributed by atoms with Crippen molar-refractivity contribution in [3.8, 4) is 0 Å². The van der Waals surface area contributed by atoms with Crippen molar-refractivity contribution >= 4 is 23.2 Å². The molecule has 1 aromatic carbocycles. The molecule has 4 heteroatoms. The molecule has 92 valence electrons.